The van der Waals surface area contributed by atoms with Gasteiger partial charge in [0.1, 0.15) is 17.3 Å². The Kier molecular flexibility index (Phi) is 6.11. The van der Waals surface area contributed by atoms with Crippen LogP contribution in [0.3, 0.4) is 0 Å². The molecule has 1 heterocycles. The van der Waals surface area contributed by atoms with Crippen molar-refractivity contribution in [3.05, 3.63) is 103 Å². The van der Waals surface area contributed by atoms with Crippen LogP contribution in [-0.4, -0.2) is 23.8 Å². The summed E-state index contributed by atoms with van der Waals surface area (Å²) in [4.78, 5) is 30.4. The minimum Gasteiger partial charge on any atom is -0.496 e. The van der Waals surface area contributed by atoms with Crippen molar-refractivity contribution in [1.29, 1.82) is 0 Å². The van der Waals surface area contributed by atoms with Gasteiger partial charge in [-0.15, -0.1) is 0 Å². The lowest BCUT2D eigenvalue weighted by Crippen LogP contribution is -2.33. The molecule has 0 spiro atoms. The van der Waals surface area contributed by atoms with Gasteiger partial charge < -0.3 is 4.74 Å². The number of rotatable bonds is 5. The molecular weight excluding hydrogens is 486 g/mol. The molecule has 3 aromatic carbocycles. The van der Waals surface area contributed by atoms with Crippen molar-refractivity contribution in [2.75, 3.05) is 12.0 Å². The Morgan fingerprint density at radius 1 is 1.09 bits per heavy atom. The zero-order valence-electron chi connectivity index (χ0n) is 18.2. The Labute approximate surface area is 199 Å². The topological polar surface area (TPSA) is 85.0 Å². The monoisotopic (exact) mass is 505 g/mol. The number of aryl methyl sites for hydroxylation is 2. The molecule has 1 aliphatic rings. The largest absolute Gasteiger partial charge is 0.496 e. The third-order valence-electron chi connectivity index (χ3n) is 5.25. The predicted octanol–water partition coefficient (Wildman–Crippen LogP) is 5.82. The lowest BCUT2D eigenvalue weighted by molar-refractivity contribution is -0.384. The molecule has 0 bridgehead atoms. The molecular formula is C25H20BrN3O4. The van der Waals surface area contributed by atoms with E-state index in [4.69, 9.17) is 4.74 Å². The van der Waals surface area contributed by atoms with Gasteiger partial charge in [-0.3, -0.25) is 19.8 Å². The number of carbonyl (C=O) groups excluding carboxylic acids is 1. The van der Waals surface area contributed by atoms with Crippen LogP contribution in [-0.2, 0) is 4.79 Å². The number of carbonyl (C=O) groups is 1. The lowest BCUT2D eigenvalue weighted by atomic mass is 10.1. The number of nitro benzene ring substituents is 1. The van der Waals surface area contributed by atoms with Gasteiger partial charge in [-0.25, -0.2) is 4.99 Å². The minimum absolute atomic E-state index is 0.0516. The fraction of sp³-hybridized carbons (Fsp3) is 0.120. The molecule has 0 atom stereocenters. The fourth-order valence-electron chi connectivity index (χ4n) is 3.68. The van der Waals surface area contributed by atoms with Crippen LogP contribution in [0, 0.1) is 24.0 Å². The molecule has 0 saturated carbocycles. The first-order valence-corrected chi connectivity index (χ1v) is 10.9. The van der Waals surface area contributed by atoms with Gasteiger partial charge in [-0.1, -0.05) is 29.8 Å². The van der Waals surface area contributed by atoms with Crippen molar-refractivity contribution in [1.82, 2.24) is 0 Å². The maximum atomic E-state index is 13.5. The van der Waals surface area contributed by atoms with Crippen LogP contribution in [0.4, 0.5) is 11.4 Å². The third-order valence-corrected chi connectivity index (χ3v) is 5.87. The molecule has 1 aliphatic heterocycles. The fourth-order valence-corrected chi connectivity index (χ4v) is 4.22. The Hall–Kier alpha value is -3.78. The number of methoxy groups -OCH3 is 1. The summed E-state index contributed by atoms with van der Waals surface area (Å²) in [7, 11) is 1.58. The first-order valence-electron chi connectivity index (χ1n) is 10.1. The van der Waals surface area contributed by atoms with Crippen molar-refractivity contribution < 1.29 is 14.5 Å². The van der Waals surface area contributed by atoms with Gasteiger partial charge in [0, 0.05) is 17.7 Å². The van der Waals surface area contributed by atoms with Gasteiger partial charge in [-0.2, -0.15) is 0 Å². The van der Waals surface area contributed by atoms with Crippen LogP contribution in [0.1, 0.15) is 22.3 Å². The first kappa shape index (κ1) is 22.4. The second kappa shape index (κ2) is 8.99. The number of hydrogen-bond donors (Lipinski definition) is 0. The molecule has 0 aliphatic carbocycles. The van der Waals surface area contributed by atoms with E-state index < -0.39 is 4.92 Å². The number of halogens is 1. The van der Waals surface area contributed by atoms with Crippen molar-refractivity contribution in [2.45, 2.75) is 13.8 Å². The Morgan fingerprint density at radius 3 is 2.55 bits per heavy atom. The zero-order valence-corrected chi connectivity index (χ0v) is 19.8. The van der Waals surface area contributed by atoms with Gasteiger partial charge in [0.15, 0.2) is 0 Å². The van der Waals surface area contributed by atoms with Gasteiger partial charge in [0.2, 0.25) is 0 Å². The molecule has 0 radical (unpaired) electrons. The van der Waals surface area contributed by atoms with Crippen LogP contribution >= 0.6 is 15.9 Å². The number of anilines is 1. The average Bonchev–Trinajstić information content (AvgIpc) is 3.09. The van der Waals surface area contributed by atoms with Crippen LogP contribution in [0.25, 0.3) is 6.08 Å². The number of ether oxygens (including phenoxy) is 1. The number of hydrogen-bond acceptors (Lipinski definition) is 5. The highest BCUT2D eigenvalue weighted by Gasteiger charge is 2.33. The SMILES string of the molecule is COc1ccc(C2=NC(=Cc3cccc([N+](=O)[O-])c3)C(=O)N2c2ccc(C)cc2C)cc1Br. The molecule has 0 unspecified atom stereocenters. The van der Waals surface area contributed by atoms with E-state index in [0.717, 1.165) is 26.9 Å². The summed E-state index contributed by atoms with van der Waals surface area (Å²) < 4.78 is 6.06. The van der Waals surface area contributed by atoms with Crippen molar-refractivity contribution >= 4 is 45.1 Å². The summed E-state index contributed by atoms with van der Waals surface area (Å²) in [6.45, 7) is 3.94. The molecule has 1 amide bonds. The maximum absolute atomic E-state index is 13.5. The first-order chi connectivity index (χ1) is 15.8. The Morgan fingerprint density at radius 2 is 1.88 bits per heavy atom. The van der Waals surface area contributed by atoms with Crippen LogP contribution in [0.15, 0.2) is 75.8 Å². The number of amides is 1. The van der Waals surface area contributed by atoms with Crippen molar-refractivity contribution in [2.24, 2.45) is 4.99 Å². The molecule has 4 rings (SSSR count). The molecule has 0 N–H and O–H groups in total. The summed E-state index contributed by atoms with van der Waals surface area (Å²) in [5.74, 6) is 0.816. The maximum Gasteiger partial charge on any atom is 0.282 e. The second-order valence-corrected chi connectivity index (χ2v) is 8.45. The van der Waals surface area contributed by atoms with E-state index in [-0.39, 0.29) is 17.3 Å². The Balaban J connectivity index is 1.86. The van der Waals surface area contributed by atoms with Gasteiger partial charge >= 0.3 is 0 Å². The summed E-state index contributed by atoms with van der Waals surface area (Å²) >= 11 is 3.50. The quantitative estimate of drug-likeness (QED) is 0.248. The van der Waals surface area contributed by atoms with E-state index in [1.165, 1.54) is 12.1 Å². The normalized spacial score (nSPS) is 14.5. The Bertz CT molecular complexity index is 1350. The molecule has 166 valence electrons. The van der Waals surface area contributed by atoms with E-state index >= 15 is 0 Å². The van der Waals surface area contributed by atoms with E-state index in [0.29, 0.717) is 17.1 Å². The van der Waals surface area contributed by atoms with Crippen molar-refractivity contribution in [3.8, 4) is 5.75 Å². The highest BCUT2D eigenvalue weighted by Crippen LogP contribution is 2.33. The number of nitro groups is 1. The van der Waals surface area contributed by atoms with E-state index in [2.05, 4.69) is 20.9 Å². The molecule has 7 nitrogen and oxygen atoms in total. The summed E-state index contributed by atoms with van der Waals surface area (Å²) in [5, 5.41) is 11.1. The van der Waals surface area contributed by atoms with Crippen LogP contribution < -0.4 is 9.64 Å². The predicted molar refractivity (Wildman–Crippen MR) is 132 cm³/mol. The van der Waals surface area contributed by atoms with Gasteiger partial charge in [-0.05, 0) is 71.2 Å². The van der Waals surface area contributed by atoms with E-state index in [1.54, 1.807) is 36.3 Å². The second-order valence-electron chi connectivity index (χ2n) is 7.60. The summed E-state index contributed by atoms with van der Waals surface area (Å²) in [6.07, 6.45) is 1.57. The number of nitrogens with zero attached hydrogens (tertiary/aromatic N) is 3. The molecule has 3 aromatic rings. The number of benzene rings is 3. The van der Waals surface area contributed by atoms with Crippen molar-refractivity contribution in [3.63, 3.8) is 0 Å². The number of non-ortho nitro benzene ring substituents is 1. The van der Waals surface area contributed by atoms with Gasteiger partial charge in [0.25, 0.3) is 11.6 Å². The molecule has 8 heteroatoms. The number of amidine groups is 1. The summed E-state index contributed by atoms with van der Waals surface area (Å²) in [5.41, 5.74) is 4.12. The van der Waals surface area contributed by atoms with E-state index in [9.17, 15) is 14.9 Å². The standard InChI is InChI=1S/C25H20BrN3O4/c1-15-7-9-22(16(2)11-15)28-24(18-8-10-23(33-3)20(26)14-18)27-21(25(28)30)13-17-5-4-6-19(12-17)29(31)32/h4-14H,1-3H3. The average molecular weight is 506 g/mol. The molecule has 33 heavy (non-hydrogen) atoms. The van der Waals surface area contributed by atoms with Crippen LogP contribution in [0.2, 0.25) is 0 Å². The summed E-state index contributed by atoms with van der Waals surface area (Å²) in [6, 6.07) is 17.4. The smallest absolute Gasteiger partial charge is 0.282 e. The highest BCUT2D eigenvalue weighted by atomic mass is 79.9. The minimum atomic E-state index is -0.468. The van der Waals surface area contributed by atoms with Gasteiger partial charge in [0.05, 0.1) is 22.2 Å². The lowest BCUT2D eigenvalue weighted by Gasteiger charge is -2.21. The van der Waals surface area contributed by atoms with Crippen LogP contribution in [0.5, 0.6) is 5.75 Å². The molecule has 0 aromatic heterocycles. The third kappa shape index (κ3) is 4.42. The van der Waals surface area contributed by atoms with E-state index in [1.807, 2.05) is 44.2 Å². The number of aliphatic imine (C=N–C) groups is 1. The highest BCUT2D eigenvalue weighted by molar-refractivity contribution is 9.10. The molecule has 0 fully saturated rings. The zero-order chi connectivity index (χ0) is 23.7. The molecule has 0 saturated heterocycles.